The third kappa shape index (κ3) is 6.57. The molecule has 1 aromatic rings. The number of methoxy groups -OCH3 is 1. The van der Waals surface area contributed by atoms with Gasteiger partial charge in [0, 0.05) is 11.8 Å². The molecule has 1 rings (SSSR count). The van der Waals surface area contributed by atoms with Crippen LogP contribution in [0.4, 0.5) is 5.69 Å². The minimum absolute atomic E-state index is 0.246. The molecule has 0 aliphatic carbocycles. The van der Waals surface area contributed by atoms with E-state index < -0.39 is 27.7 Å². The number of carboxylic acids is 1. The largest absolute Gasteiger partial charge is 0.478 e. The van der Waals surface area contributed by atoms with Crippen molar-refractivity contribution in [3.8, 4) is 0 Å². The number of carboxylic acid groups (broad SMARTS) is 1. The van der Waals surface area contributed by atoms with Crippen LogP contribution in [0.25, 0.3) is 6.08 Å². The number of benzene rings is 1. The Labute approximate surface area is 122 Å². The second-order valence-electron chi connectivity index (χ2n) is 4.04. The highest BCUT2D eigenvalue weighted by molar-refractivity contribution is 7.92. The van der Waals surface area contributed by atoms with Crippen molar-refractivity contribution in [3.63, 3.8) is 0 Å². The van der Waals surface area contributed by atoms with E-state index in [9.17, 15) is 18.0 Å². The number of hydrogen-bond donors (Lipinski definition) is 2. The monoisotopic (exact) mass is 313 g/mol. The summed E-state index contributed by atoms with van der Waals surface area (Å²) in [6, 6.07) is 6.22. The Hall–Kier alpha value is -2.35. The molecule has 114 valence electrons. The van der Waals surface area contributed by atoms with Crippen LogP contribution in [-0.2, 0) is 24.3 Å². The number of rotatable bonds is 7. The summed E-state index contributed by atoms with van der Waals surface area (Å²) >= 11 is 0. The average Bonchev–Trinajstić information content (AvgIpc) is 2.42. The topological polar surface area (TPSA) is 110 Å². The molecule has 0 aliphatic heterocycles. The van der Waals surface area contributed by atoms with E-state index in [0.29, 0.717) is 5.56 Å². The van der Waals surface area contributed by atoms with Gasteiger partial charge in [-0.2, -0.15) is 0 Å². The predicted molar refractivity (Wildman–Crippen MR) is 77.2 cm³/mol. The van der Waals surface area contributed by atoms with Crippen molar-refractivity contribution in [3.05, 3.63) is 35.9 Å². The normalized spacial score (nSPS) is 11.3. The van der Waals surface area contributed by atoms with Gasteiger partial charge in [-0.3, -0.25) is 9.52 Å². The van der Waals surface area contributed by atoms with E-state index in [0.717, 1.165) is 6.08 Å². The SMILES string of the molecule is COC(=O)CCS(=O)(=O)Nc1cccc(C=CC(=O)O)c1. The van der Waals surface area contributed by atoms with E-state index in [4.69, 9.17) is 5.11 Å². The fourth-order valence-corrected chi connectivity index (χ4v) is 2.45. The van der Waals surface area contributed by atoms with Gasteiger partial charge < -0.3 is 9.84 Å². The van der Waals surface area contributed by atoms with Crippen molar-refractivity contribution in [2.45, 2.75) is 6.42 Å². The van der Waals surface area contributed by atoms with Gasteiger partial charge in [-0.25, -0.2) is 13.2 Å². The van der Waals surface area contributed by atoms with Gasteiger partial charge >= 0.3 is 11.9 Å². The minimum Gasteiger partial charge on any atom is -0.478 e. The Balaban J connectivity index is 2.76. The molecule has 0 fully saturated rings. The molecule has 0 saturated heterocycles. The third-order valence-corrected chi connectivity index (χ3v) is 3.67. The molecule has 0 radical (unpaired) electrons. The fraction of sp³-hybridized carbons (Fsp3) is 0.231. The molecule has 0 saturated carbocycles. The summed E-state index contributed by atoms with van der Waals surface area (Å²) in [5.41, 5.74) is 0.818. The predicted octanol–water partition coefficient (Wildman–Crippen LogP) is 1.09. The number of esters is 1. The maximum atomic E-state index is 11.8. The molecule has 7 nitrogen and oxygen atoms in total. The Morgan fingerprint density at radius 2 is 2.10 bits per heavy atom. The van der Waals surface area contributed by atoms with Crippen LogP contribution in [0.15, 0.2) is 30.3 Å². The molecule has 0 atom stereocenters. The number of carbonyl (C=O) groups excluding carboxylic acids is 1. The first-order valence-electron chi connectivity index (χ1n) is 5.91. The number of nitrogens with one attached hydrogen (secondary N) is 1. The summed E-state index contributed by atoms with van der Waals surface area (Å²) in [7, 11) is -2.50. The average molecular weight is 313 g/mol. The van der Waals surface area contributed by atoms with Gasteiger partial charge in [0.05, 0.1) is 19.3 Å². The first-order valence-corrected chi connectivity index (χ1v) is 7.56. The van der Waals surface area contributed by atoms with Crippen molar-refractivity contribution in [2.24, 2.45) is 0 Å². The van der Waals surface area contributed by atoms with Gasteiger partial charge in [-0.15, -0.1) is 0 Å². The van der Waals surface area contributed by atoms with Gasteiger partial charge in [-0.1, -0.05) is 12.1 Å². The number of sulfonamides is 1. The lowest BCUT2D eigenvalue weighted by molar-refractivity contribution is -0.140. The summed E-state index contributed by atoms with van der Waals surface area (Å²) in [6.45, 7) is 0. The highest BCUT2D eigenvalue weighted by Gasteiger charge is 2.13. The first kappa shape index (κ1) is 16.7. The lowest BCUT2D eigenvalue weighted by atomic mass is 10.2. The summed E-state index contributed by atoms with van der Waals surface area (Å²) in [6.07, 6.45) is 2.05. The molecule has 0 amide bonds. The summed E-state index contributed by atoms with van der Waals surface area (Å²) < 4.78 is 30.2. The first-order chi connectivity index (χ1) is 9.82. The Morgan fingerprint density at radius 1 is 1.38 bits per heavy atom. The highest BCUT2D eigenvalue weighted by Crippen LogP contribution is 2.14. The van der Waals surface area contributed by atoms with Gasteiger partial charge in [0.1, 0.15) is 0 Å². The van der Waals surface area contributed by atoms with E-state index in [1.807, 2.05) is 0 Å². The molecule has 1 aromatic carbocycles. The van der Waals surface area contributed by atoms with Gasteiger partial charge in [0.25, 0.3) is 0 Å². The fourth-order valence-electron chi connectivity index (χ4n) is 1.42. The lowest BCUT2D eigenvalue weighted by Crippen LogP contribution is -2.19. The van der Waals surface area contributed by atoms with Crippen LogP contribution in [0.3, 0.4) is 0 Å². The molecule has 8 heteroatoms. The standard InChI is InChI=1S/C13H15NO6S/c1-20-13(17)7-8-21(18,19)14-11-4-2-3-10(9-11)5-6-12(15)16/h2-6,9,14H,7-8H2,1H3,(H,15,16). The van der Waals surface area contributed by atoms with Crippen LogP contribution < -0.4 is 4.72 Å². The zero-order chi connectivity index (χ0) is 15.9. The molecule has 0 aromatic heterocycles. The van der Waals surface area contributed by atoms with Crippen LogP contribution >= 0.6 is 0 Å². The Morgan fingerprint density at radius 3 is 2.71 bits per heavy atom. The molecule has 2 N–H and O–H groups in total. The van der Waals surface area contributed by atoms with E-state index in [-0.39, 0.29) is 12.1 Å². The van der Waals surface area contributed by atoms with Crippen molar-refractivity contribution in [2.75, 3.05) is 17.6 Å². The number of ether oxygens (including phenoxy) is 1. The Bertz CT molecular complexity index is 650. The molecular formula is C13H15NO6S. The van der Waals surface area contributed by atoms with Crippen molar-refractivity contribution in [1.82, 2.24) is 0 Å². The van der Waals surface area contributed by atoms with Gasteiger partial charge in [0.2, 0.25) is 10.0 Å². The van der Waals surface area contributed by atoms with Gasteiger partial charge in [-0.05, 0) is 23.8 Å². The van der Waals surface area contributed by atoms with E-state index in [2.05, 4.69) is 9.46 Å². The molecule has 0 heterocycles. The summed E-state index contributed by atoms with van der Waals surface area (Å²) in [5.74, 6) is -2.10. The quantitative estimate of drug-likeness (QED) is 0.576. The van der Waals surface area contributed by atoms with E-state index >= 15 is 0 Å². The summed E-state index contributed by atoms with van der Waals surface area (Å²) in [4.78, 5) is 21.4. The number of anilines is 1. The van der Waals surface area contributed by atoms with Crippen LogP contribution in [0.1, 0.15) is 12.0 Å². The van der Waals surface area contributed by atoms with Crippen LogP contribution in [0.5, 0.6) is 0 Å². The second kappa shape index (κ2) is 7.44. The molecule has 21 heavy (non-hydrogen) atoms. The van der Waals surface area contributed by atoms with Crippen LogP contribution in [0, 0.1) is 0 Å². The van der Waals surface area contributed by atoms with Crippen LogP contribution in [0.2, 0.25) is 0 Å². The lowest BCUT2D eigenvalue weighted by Gasteiger charge is -2.08. The number of aliphatic carboxylic acids is 1. The van der Waals surface area contributed by atoms with Crippen molar-refractivity contribution in [1.29, 1.82) is 0 Å². The molecule has 0 aliphatic rings. The molecule has 0 bridgehead atoms. The number of hydrogen-bond acceptors (Lipinski definition) is 5. The minimum atomic E-state index is -3.68. The summed E-state index contributed by atoms with van der Waals surface area (Å²) in [5, 5.41) is 8.53. The second-order valence-corrected chi connectivity index (χ2v) is 5.89. The smallest absolute Gasteiger partial charge is 0.328 e. The Kier molecular flexibility index (Phi) is 5.92. The van der Waals surface area contributed by atoms with Gasteiger partial charge in [0.15, 0.2) is 0 Å². The maximum Gasteiger partial charge on any atom is 0.328 e. The van der Waals surface area contributed by atoms with Crippen LogP contribution in [-0.4, -0.2) is 38.3 Å². The van der Waals surface area contributed by atoms with Crippen molar-refractivity contribution >= 4 is 33.7 Å². The molecular weight excluding hydrogens is 298 g/mol. The molecule has 0 unspecified atom stereocenters. The third-order valence-electron chi connectivity index (χ3n) is 2.38. The highest BCUT2D eigenvalue weighted by atomic mass is 32.2. The van der Waals surface area contributed by atoms with E-state index in [1.165, 1.54) is 25.3 Å². The maximum absolute atomic E-state index is 11.8. The zero-order valence-corrected chi connectivity index (χ0v) is 12.1. The number of carbonyl (C=O) groups is 2. The van der Waals surface area contributed by atoms with Crippen molar-refractivity contribution < 1.29 is 27.9 Å². The molecule has 0 spiro atoms. The van der Waals surface area contributed by atoms with E-state index in [1.54, 1.807) is 12.1 Å². The zero-order valence-electron chi connectivity index (χ0n) is 11.3.